The van der Waals surface area contributed by atoms with Crippen molar-refractivity contribution in [1.29, 1.82) is 0 Å². The van der Waals surface area contributed by atoms with Crippen LogP contribution in [0.2, 0.25) is 0 Å². The number of nitrogens with zero attached hydrogens (tertiary/aromatic N) is 1. The molecule has 0 saturated heterocycles. The summed E-state index contributed by atoms with van der Waals surface area (Å²) in [5.41, 5.74) is 4.84. The fourth-order valence-electron chi connectivity index (χ4n) is 4.11. The van der Waals surface area contributed by atoms with Crippen LogP contribution in [0.3, 0.4) is 0 Å². The Morgan fingerprint density at radius 3 is 2.39 bits per heavy atom. The highest BCUT2D eigenvalue weighted by molar-refractivity contribution is 7.87. The predicted molar refractivity (Wildman–Crippen MR) is 111 cm³/mol. The van der Waals surface area contributed by atoms with Gasteiger partial charge in [0.25, 0.3) is 0 Å². The van der Waals surface area contributed by atoms with Gasteiger partial charge in [0.15, 0.2) is 5.82 Å². The number of hydrogen-bond donors (Lipinski definition) is 3. The van der Waals surface area contributed by atoms with Crippen LogP contribution in [0.1, 0.15) is 54.5 Å². The summed E-state index contributed by atoms with van der Waals surface area (Å²) in [5, 5.41) is 20.5. The summed E-state index contributed by atoms with van der Waals surface area (Å²) in [4.78, 5) is 12.6. The summed E-state index contributed by atoms with van der Waals surface area (Å²) in [6.07, 6.45) is 6.20. The van der Waals surface area contributed by atoms with Crippen LogP contribution < -0.4 is 10.5 Å². The second-order valence-corrected chi connectivity index (χ2v) is 10.2. The van der Waals surface area contributed by atoms with Crippen molar-refractivity contribution in [2.75, 3.05) is 5.32 Å². The van der Waals surface area contributed by atoms with Crippen LogP contribution in [0.15, 0.2) is 20.0 Å². The zero-order chi connectivity index (χ0) is 20.1. The first-order chi connectivity index (χ1) is 13.3. The number of carbonyl (C=O) groups is 1. The van der Waals surface area contributed by atoms with Crippen LogP contribution in [0.25, 0.3) is 0 Å². The van der Waals surface area contributed by atoms with Crippen molar-refractivity contribution in [3.8, 4) is 0 Å². The smallest absolute Gasteiger partial charge is 0.352 e. The number of urea groups is 1. The van der Waals surface area contributed by atoms with E-state index in [2.05, 4.69) is 15.7 Å². The molecule has 1 atom stereocenters. The third-order valence-corrected chi connectivity index (χ3v) is 7.90. The lowest BCUT2D eigenvalue weighted by Gasteiger charge is -2.15. The molecule has 0 radical (unpaired) electrons. The molecule has 4 rings (SSSR count). The van der Waals surface area contributed by atoms with Gasteiger partial charge in [0, 0.05) is 27.5 Å². The highest BCUT2D eigenvalue weighted by Gasteiger charge is 2.27. The Bertz CT molecular complexity index is 960. The lowest BCUT2D eigenvalue weighted by Crippen LogP contribution is -2.17. The predicted octanol–water partition coefficient (Wildman–Crippen LogP) is 4.36. The molecule has 4 N–H and O–H groups in total. The van der Waals surface area contributed by atoms with E-state index in [1.807, 2.05) is 0 Å². The second kappa shape index (κ2) is 7.33. The van der Waals surface area contributed by atoms with Gasteiger partial charge < -0.3 is 10.4 Å². The SMILES string of the molecule is CC(C)(O)c1csc(/S(N)=N/C(=O)Nc2c3c(cc4c2CCC4)CCC3)c1F. The summed E-state index contributed by atoms with van der Waals surface area (Å²) in [5.74, 6) is -0.582. The van der Waals surface area contributed by atoms with Crippen LogP contribution >= 0.6 is 11.3 Å². The third kappa shape index (κ3) is 3.54. The molecule has 0 bridgehead atoms. The Balaban J connectivity index is 1.62. The molecular formula is C20H24FN3O2S2. The molecule has 1 aromatic carbocycles. The van der Waals surface area contributed by atoms with Crippen molar-refractivity contribution in [1.82, 2.24) is 0 Å². The van der Waals surface area contributed by atoms with E-state index in [0.29, 0.717) is 0 Å². The minimum Gasteiger partial charge on any atom is -0.386 e. The Kier molecular flexibility index (Phi) is 5.16. The molecule has 5 nitrogen and oxygen atoms in total. The highest BCUT2D eigenvalue weighted by Crippen LogP contribution is 2.38. The molecule has 2 aliphatic carbocycles. The summed E-state index contributed by atoms with van der Waals surface area (Å²) in [6.45, 7) is 3.02. The Hall–Kier alpha value is -1.61. The molecule has 2 aliphatic rings. The van der Waals surface area contributed by atoms with Gasteiger partial charge in [0.2, 0.25) is 0 Å². The molecule has 2 amide bonds. The van der Waals surface area contributed by atoms with Gasteiger partial charge in [-0.1, -0.05) is 6.07 Å². The minimum absolute atomic E-state index is 0.171. The number of benzene rings is 1. The number of aryl methyl sites for hydroxylation is 2. The van der Waals surface area contributed by atoms with Crippen molar-refractivity contribution in [3.05, 3.63) is 45.1 Å². The largest absolute Gasteiger partial charge is 0.386 e. The maximum Gasteiger partial charge on any atom is 0.352 e. The van der Waals surface area contributed by atoms with Crippen molar-refractivity contribution >= 4 is 33.9 Å². The minimum atomic E-state index is -1.41. The molecule has 2 aromatic rings. The lowest BCUT2D eigenvalue weighted by atomic mass is 9.99. The van der Waals surface area contributed by atoms with E-state index < -0.39 is 28.3 Å². The summed E-state index contributed by atoms with van der Waals surface area (Å²) < 4.78 is 18.8. The van der Waals surface area contributed by atoms with Crippen molar-refractivity contribution < 1.29 is 14.3 Å². The van der Waals surface area contributed by atoms with Crippen molar-refractivity contribution in [2.24, 2.45) is 9.50 Å². The fourth-order valence-corrected chi connectivity index (χ4v) is 6.19. The van der Waals surface area contributed by atoms with Gasteiger partial charge >= 0.3 is 6.03 Å². The average Bonchev–Trinajstić information content (AvgIpc) is 3.32. The van der Waals surface area contributed by atoms with Crippen LogP contribution in [-0.4, -0.2) is 11.1 Å². The molecule has 28 heavy (non-hydrogen) atoms. The summed E-state index contributed by atoms with van der Waals surface area (Å²) >= 11 is 1.08. The average molecular weight is 422 g/mol. The Labute approximate surface area is 170 Å². The van der Waals surface area contributed by atoms with E-state index in [-0.39, 0.29) is 9.77 Å². The Morgan fingerprint density at radius 1 is 1.25 bits per heavy atom. The number of fused-ring (bicyclic) bond motifs is 2. The number of halogens is 1. The van der Waals surface area contributed by atoms with E-state index in [9.17, 15) is 14.3 Å². The maximum absolute atomic E-state index is 14.6. The van der Waals surface area contributed by atoms with Gasteiger partial charge in [-0.3, -0.25) is 5.14 Å². The zero-order valence-electron chi connectivity index (χ0n) is 16.0. The van der Waals surface area contributed by atoms with Gasteiger partial charge in [0.05, 0.1) is 5.60 Å². The van der Waals surface area contributed by atoms with Gasteiger partial charge in [-0.05, 0) is 74.6 Å². The molecule has 1 heterocycles. The molecule has 8 heteroatoms. The Morgan fingerprint density at radius 2 is 1.86 bits per heavy atom. The lowest BCUT2D eigenvalue weighted by molar-refractivity contribution is 0.0748. The number of nitrogens with two attached hydrogens (primary N) is 1. The molecular weight excluding hydrogens is 397 g/mol. The van der Waals surface area contributed by atoms with Gasteiger partial charge in [-0.25, -0.2) is 9.18 Å². The highest BCUT2D eigenvalue weighted by atomic mass is 32.2. The molecule has 0 saturated carbocycles. The standard InChI is InChI=1S/C20H24FN3O2S2/c1-20(2,26)15-10-27-18(16(15)21)28(22)24-19(25)23-17-13-7-3-5-11(13)9-12-6-4-8-14(12)17/h9-10,26H,3-8H2,1-2H3,(H3,22,23,24,25). The molecule has 1 unspecified atom stereocenters. The molecule has 0 spiro atoms. The number of thiophene rings is 1. The zero-order valence-corrected chi connectivity index (χ0v) is 17.6. The first-order valence-corrected chi connectivity index (χ1v) is 11.6. The van der Waals surface area contributed by atoms with Crippen LogP contribution in [-0.2, 0) is 42.2 Å². The molecule has 0 fully saturated rings. The third-order valence-electron chi connectivity index (χ3n) is 5.43. The molecule has 0 aliphatic heterocycles. The number of aliphatic hydroxyl groups is 1. The van der Waals surface area contributed by atoms with Crippen LogP contribution in [0.5, 0.6) is 0 Å². The van der Waals surface area contributed by atoms with E-state index in [0.717, 1.165) is 55.5 Å². The first-order valence-electron chi connectivity index (χ1n) is 9.43. The van der Waals surface area contributed by atoms with Crippen LogP contribution in [0, 0.1) is 5.82 Å². The maximum atomic E-state index is 14.6. The number of carbonyl (C=O) groups excluding carboxylic acids is 1. The van der Waals surface area contributed by atoms with Crippen molar-refractivity contribution in [3.63, 3.8) is 0 Å². The van der Waals surface area contributed by atoms with Crippen LogP contribution in [0.4, 0.5) is 14.9 Å². The topological polar surface area (TPSA) is 87.7 Å². The number of nitrogens with one attached hydrogen (secondary N) is 1. The molecule has 1 aromatic heterocycles. The number of amides is 2. The second-order valence-electron chi connectivity index (χ2n) is 7.88. The van der Waals surface area contributed by atoms with Crippen molar-refractivity contribution in [2.45, 2.75) is 62.2 Å². The van der Waals surface area contributed by atoms with E-state index in [1.165, 1.54) is 41.5 Å². The quantitative estimate of drug-likeness (QED) is 0.688. The normalized spacial score (nSPS) is 16.9. The monoisotopic (exact) mass is 421 g/mol. The molecule has 150 valence electrons. The summed E-state index contributed by atoms with van der Waals surface area (Å²) in [7, 11) is -1.41. The number of hydrogen-bond acceptors (Lipinski definition) is 3. The van der Waals surface area contributed by atoms with Gasteiger partial charge in [-0.15, -0.1) is 11.3 Å². The van der Waals surface area contributed by atoms with E-state index in [4.69, 9.17) is 5.14 Å². The number of anilines is 1. The van der Waals surface area contributed by atoms with Gasteiger partial charge in [0.1, 0.15) is 4.21 Å². The van der Waals surface area contributed by atoms with E-state index >= 15 is 0 Å². The van der Waals surface area contributed by atoms with E-state index in [1.54, 1.807) is 0 Å². The first kappa shape index (κ1) is 19.7. The van der Waals surface area contributed by atoms with Gasteiger partial charge in [-0.2, -0.15) is 4.36 Å². The number of rotatable bonds is 3. The summed E-state index contributed by atoms with van der Waals surface area (Å²) in [6, 6.07) is 1.75. The fraction of sp³-hybridized carbons (Fsp3) is 0.450.